The Morgan fingerprint density at radius 1 is 1.43 bits per heavy atom. The van der Waals surface area contributed by atoms with Gasteiger partial charge in [0.1, 0.15) is 0 Å². The number of thioether (sulfide) groups is 1. The van der Waals surface area contributed by atoms with Crippen molar-refractivity contribution in [3.8, 4) is 0 Å². The Balaban J connectivity index is 2.07. The van der Waals surface area contributed by atoms with Crippen LogP contribution in [-0.4, -0.2) is 27.4 Å². The summed E-state index contributed by atoms with van der Waals surface area (Å²) in [6, 6.07) is 9.92. The summed E-state index contributed by atoms with van der Waals surface area (Å²) in [4.78, 5) is 13.7. The van der Waals surface area contributed by atoms with E-state index in [-0.39, 0.29) is 5.91 Å². The van der Waals surface area contributed by atoms with Gasteiger partial charge < -0.3 is 0 Å². The first-order chi connectivity index (χ1) is 10.2. The van der Waals surface area contributed by atoms with Gasteiger partial charge in [0.15, 0.2) is 5.17 Å². The number of nitrogens with zero attached hydrogens (tertiary/aromatic N) is 3. The predicted molar refractivity (Wildman–Crippen MR) is 89.4 cm³/mol. The van der Waals surface area contributed by atoms with E-state index in [9.17, 15) is 4.79 Å². The predicted octanol–water partition coefficient (Wildman–Crippen LogP) is 3.46. The van der Waals surface area contributed by atoms with Gasteiger partial charge in [-0.05, 0) is 25.3 Å². The van der Waals surface area contributed by atoms with Crippen molar-refractivity contribution in [3.05, 3.63) is 48.6 Å². The van der Waals surface area contributed by atoms with Gasteiger partial charge in [0.2, 0.25) is 5.91 Å². The van der Waals surface area contributed by atoms with Gasteiger partial charge in [-0.25, -0.2) is 0 Å². The van der Waals surface area contributed by atoms with Crippen LogP contribution in [0, 0.1) is 0 Å². The summed E-state index contributed by atoms with van der Waals surface area (Å²) in [7, 11) is 0. The molecule has 21 heavy (non-hydrogen) atoms. The molecule has 0 N–H and O–H groups in total. The van der Waals surface area contributed by atoms with Gasteiger partial charge in [-0.1, -0.05) is 48.2 Å². The van der Waals surface area contributed by atoms with Crippen molar-refractivity contribution in [2.45, 2.75) is 26.3 Å². The number of carbonyl (C=O) groups excluding carboxylic acids is 1. The summed E-state index contributed by atoms with van der Waals surface area (Å²) in [5.41, 5.74) is 2.04. The van der Waals surface area contributed by atoms with Gasteiger partial charge >= 0.3 is 0 Å². The van der Waals surface area contributed by atoms with Crippen LogP contribution in [0.3, 0.4) is 0 Å². The zero-order chi connectivity index (χ0) is 15.1. The fourth-order valence-electron chi connectivity index (χ4n) is 1.88. The second-order valence-electron chi connectivity index (χ2n) is 4.80. The fourth-order valence-corrected chi connectivity index (χ4v) is 2.71. The number of hydrogen-bond acceptors (Lipinski definition) is 4. The van der Waals surface area contributed by atoms with Crippen molar-refractivity contribution in [1.29, 1.82) is 0 Å². The molecule has 1 saturated heterocycles. The highest BCUT2D eigenvalue weighted by molar-refractivity contribution is 8.15. The zero-order valence-corrected chi connectivity index (χ0v) is 13.0. The van der Waals surface area contributed by atoms with Gasteiger partial charge in [-0.2, -0.15) is 5.10 Å². The van der Waals surface area contributed by atoms with Crippen LogP contribution in [0.4, 0.5) is 0 Å². The molecule has 0 unspecified atom stereocenters. The largest absolute Gasteiger partial charge is 0.285 e. The summed E-state index contributed by atoms with van der Waals surface area (Å²) in [6.07, 6.45) is 3.60. The summed E-state index contributed by atoms with van der Waals surface area (Å²) in [5.74, 6) is 0.522. The third kappa shape index (κ3) is 4.56. The van der Waals surface area contributed by atoms with E-state index >= 15 is 0 Å². The smallest absolute Gasteiger partial charge is 0.239 e. The topological polar surface area (TPSA) is 45.0 Å². The molecule has 4 nitrogen and oxygen atoms in total. The molecule has 1 aromatic carbocycles. The molecule has 110 valence electrons. The average Bonchev–Trinajstić information content (AvgIpc) is 2.85. The summed E-state index contributed by atoms with van der Waals surface area (Å²) in [6.45, 7) is 6.18. The molecule has 0 aliphatic carbocycles. The molecule has 0 spiro atoms. The molecule has 1 amide bonds. The van der Waals surface area contributed by atoms with E-state index in [0.29, 0.717) is 17.5 Å². The number of hydrogen-bond donors (Lipinski definition) is 0. The van der Waals surface area contributed by atoms with E-state index in [2.05, 4.69) is 16.8 Å². The Hall–Kier alpha value is -1.88. The second-order valence-corrected chi connectivity index (χ2v) is 5.74. The first-order valence-corrected chi connectivity index (χ1v) is 7.88. The molecule has 1 aliphatic heterocycles. The highest BCUT2D eigenvalue weighted by atomic mass is 32.2. The fraction of sp³-hybridized carbons (Fsp3) is 0.312. The highest BCUT2D eigenvalue weighted by Crippen LogP contribution is 2.22. The van der Waals surface area contributed by atoms with Crippen molar-refractivity contribution >= 4 is 28.5 Å². The molecule has 1 aromatic rings. The van der Waals surface area contributed by atoms with Crippen molar-refractivity contribution in [2.24, 2.45) is 10.2 Å². The average molecular weight is 301 g/mol. The van der Waals surface area contributed by atoms with Gasteiger partial charge in [0.25, 0.3) is 0 Å². The third-order valence-electron chi connectivity index (χ3n) is 3.06. The van der Waals surface area contributed by atoms with E-state index in [1.54, 1.807) is 4.90 Å². The number of rotatable bonds is 6. The first-order valence-electron chi connectivity index (χ1n) is 6.90. The van der Waals surface area contributed by atoms with Crippen LogP contribution in [0.15, 0.2) is 53.2 Å². The molecule has 0 saturated carbocycles. The summed E-state index contributed by atoms with van der Waals surface area (Å²) >= 11 is 1.44. The minimum absolute atomic E-state index is 0.0848. The Bertz CT molecular complexity index is 566. The lowest BCUT2D eigenvalue weighted by molar-refractivity contribution is -0.124. The van der Waals surface area contributed by atoms with E-state index in [0.717, 1.165) is 24.1 Å². The molecule has 2 rings (SSSR count). The third-order valence-corrected chi connectivity index (χ3v) is 4.01. The molecular formula is C16H19N3OS. The summed E-state index contributed by atoms with van der Waals surface area (Å²) in [5, 5.41) is 9.14. The Kier molecular flexibility index (Phi) is 5.75. The van der Waals surface area contributed by atoms with Crippen LogP contribution in [0.25, 0.3) is 0 Å². The lowest BCUT2D eigenvalue weighted by atomic mass is 10.2. The molecule has 0 atom stereocenters. The van der Waals surface area contributed by atoms with Crippen molar-refractivity contribution < 1.29 is 4.79 Å². The summed E-state index contributed by atoms with van der Waals surface area (Å²) < 4.78 is 0. The number of benzene rings is 1. The van der Waals surface area contributed by atoms with Crippen LogP contribution in [0.1, 0.15) is 25.3 Å². The van der Waals surface area contributed by atoms with Crippen LogP contribution in [0.5, 0.6) is 0 Å². The maximum absolute atomic E-state index is 12.0. The maximum Gasteiger partial charge on any atom is 0.239 e. The van der Waals surface area contributed by atoms with Crippen molar-refractivity contribution in [1.82, 2.24) is 4.90 Å². The Morgan fingerprint density at radius 3 is 2.90 bits per heavy atom. The van der Waals surface area contributed by atoms with Crippen LogP contribution in [-0.2, 0) is 11.3 Å². The lowest BCUT2D eigenvalue weighted by Gasteiger charge is -2.15. The van der Waals surface area contributed by atoms with Crippen LogP contribution >= 0.6 is 11.8 Å². The number of allylic oxidation sites excluding steroid dienone is 1. The zero-order valence-electron chi connectivity index (χ0n) is 12.2. The molecular weight excluding hydrogens is 282 g/mol. The minimum atomic E-state index is 0.0848. The van der Waals surface area contributed by atoms with Gasteiger partial charge in [0.05, 0.1) is 12.3 Å². The molecule has 5 heteroatoms. The van der Waals surface area contributed by atoms with Crippen molar-refractivity contribution in [2.75, 3.05) is 5.75 Å². The molecule has 1 fully saturated rings. The van der Waals surface area contributed by atoms with Crippen LogP contribution < -0.4 is 0 Å². The first kappa shape index (κ1) is 15.5. The van der Waals surface area contributed by atoms with E-state index in [4.69, 9.17) is 0 Å². The quantitative estimate of drug-likeness (QED) is 0.459. The van der Waals surface area contributed by atoms with Gasteiger partial charge in [-0.3, -0.25) is 9.69 Å². The molecule has 0 aromatic heterocycles. The molecule has 1 aliphatic rings. The number of amidine groups is 1. The van der Waals surface area contributed by atoms with Gasteiger partial charge in [0, 0.05) is 5.71 Å². The van der Waals surface area contributed by atoms with E-state index in [1.165, 1.54) is 11.8 Å². The molecule has 0 bridgehead atoms. The number of carbonyl (C=O) groups is 1. The monoisotopic (exact) mass is 301 g/mol. The second kappa shape index (κ2) is 7.78. The van der Waals surface area contributed by atoms with E-state index in [1.807, 2.05) is 43.3 Å². The minimum Gasteiger partial charge on any atom is -0.285 e. The maximum atomic E-state index is 12.0. The van der Waals surface area contributed by atoms with Crippen molar-refractivity contribution in [3.63, 3.8) is 0 Å². The number of amides is 1. The lowest BCUT2D eigenvalue weighted by Crippen LogP contribution is -2.28. The van der Waals surface area contributed by atoms with Crippen LogP contribution in [0.2, 0.25) is 0 Å². The Labute approximate surface area is 129 Å². The SMILES string of the molecule is C=CCC/C(C)=N/N=C1/SCC(=O)N1Cc1ccccc1. The standard InChI is InChI=1S/C16H19N3OS/c1-3-4-8-13(2)17-18-16-19(15(20)12-21-16)11-14-9-6-5-7-10-14/h3,5-7,9-10H,1,4,8,11-12H2,2H3/b17-13+,18-16+. The molecule has 0 radical (unpaired) electrons. The normalized spacial score (nSPS) is 17.6. The highest BCUT2D eigenvalue weighted by Gasteiger charge is 2.28. The Morgan fingerprint density at radius 2 is 2.19 bits per heavy atom. The van der Waals surface area contributed by atoms with Gasteiger partial charge in [-0.15, -0.1) is 11.7 Å². The molecule has 1 heterocycles. The van der Waals surface area contributed by atoms with E-state index < -0.39 is 0 Å².